The third-order valence-electron chi connectivity index (χ3n) is 5.97. The summed E-state index contributed by atoms with van der Waals surface area (Å²) in [6.07, 6.45) is 2.82. The molecule has 6 heteroatoms. The summed E-state index contributed by atoms with van der Waals surface area (Å²) in [5, 5.41) is 5.23. The number of likely N-dealkylation sites (tertiary alicyclic amines) is 1. The Hall–Kier alpha value is -2.66. The van der Waals surface area contributed by atoms with Crippen LogP contribution in [0.1, 0.15) is 52.7 Å². The number of rotatable bonds is 5. The van der Waals surface area contributed by atoms with Gasteiger partial charge in [-0.3, -0.25) is 14.5 Å². The Morgan fingerprint density at radius 3 is 2.68 bits per heavy atom. The number of hydrogen-bond acceptors (Lipinski definition) is 3. The molecule has 0 spiro atoms. The second-order valence-corrected chi connectivity index (χ2v) is 8.98. The predicted octanol–water partition coefficient (Wildman–Crippen LogP) is 4.85. The summed E-state index contributed by atoms with van der Waals surface area (Å²) in [6, 6.07) is 14.3. The number of carbonyl (C=O) groups is 1. The van der Waals surface area contributed by atoms with Crippen LogP contribution in [0.3, 0.4) is 0 Å². The van der Waals surface area contributed by atoms with Crippen LogP contribution in [0.25, 0.3) is 0 Å². The first-order valence-corrected chi connectivity index (χ1v) is 11.3. The van der Waals surface area contributed by atoms with Gasteiger partial charge in [0.2, 0.25) is 5.91 Å². The molecule has 5 nitrogen and oxygen atoms in total. The van der Waals surface area contributed by atoms with E-state index in [1.165, 1.54) is 5.56 Å². The zero-order chi connectivity index (χ0) is 22.0. The van der Waals surface area contributed by atoms with E-state index >= 15 is 0 Å². The fourth-order valence-corrected chi connectivity index (χ4v) is 4.65. The zero-order valence-corrected chi connectivity index (χ0v) is 19.2. The van der Waals surface area contributed by atoms with Crippen LogP contribution in [0.2, 0.25) is 5.02 Å². The molecule has 0 saturated carbocycles. The number of amides is 1. The SMILES string of the molecule is Cc1cc(Cc2ccccc2Cl)cc([C@@H]2CCCN(C(=O)Cn3nc(C)cc3C)C2)n1. The van der Waals surface area contributed by atoms with Crippen molar-refractivity contribution in [3.8, 4) is 0 Å². The molecule has 0 unspecified atom stereocenters. The third kappa shape index (κ3) is 5.16. The average molecular weight is 437 g/mol. The number of pyridine rings is 1. The maximum absolute atomic E-state index is 12.9. The van der Waals surface area contributed by atoms with Crippen molar-refractivity contribution in [3.63, 3.8) is 0 Å². The molecule has 3 aromatic rings. The van der Waals surface area contributed by atoms with E-state index < -0.39 is 0 Å². The van der Waals surface area contributed by atoms with Crippen LogP contribution in [0.5, 0.6) is 0 Å². The Balaban J connectivity index is 1.49. The van der Waals surface area contributed by atoms with Gasteiger partial charge < -0.3 is 4.90 Å². The largest absolute Gasteiger partial charge is 0.340 e. The molecule has 31 heavy (non-hydrogen) atoms. The van der Waals surface area contributed by atoms with Gasteiger partial charge in [0.1, 0.15) is 6.54 Å². The lowest BCUT2D eigenvalue weighted by atomic mass is 9.92. The van der Waals surface area contributed by atoms with Crippen LogP contribution < -0.4 is 0 Å². The summed E-state index contributed by atoms with van der Waals surface area (Å²) in [5.41, 5.74) is 6.37. The lowest BCUT2D eigenvalue weighted by Gasteiger charge is -2.33. The molecule has 1 aliphatic rings. The standard InChI is InChI=1S/C25H29ClN4O/c1-17-12-20(13-21-7-4-5-9-23(21)26)14-24(27-17)22-8-6-10-29(15-22)25(31)16-30-19(3)11-18(2)28-30/h4-5,7,9,11-12,14,22H,6,8,10,13,15-16H2,1-3H3/t22-/m1/s1. The lowest BCUT2D eigenvalue weighted by Crippen LogP contribution is -2.41. The van der Waals surface area contributed by atoms with Gasteiger partial charge in [0.05, 0.1) is 5.69 Å². The lowest BCUT2D eigenvalue weighted by molar-refractivity contribution is -0.133. The molecule has 1 saturated heterocycles. The number of piperidine rings is 1. The number of benzene rings is 1. The fraction of sp³-hybridized carbons (Fsp3) is 0.400. The summed E-state index contributed by atoms with van der Waals surface area (Å²) < 4.78 is 1.80. The molecule has 0 aliphatic carbocycles. The van der Waals surface area contributed by atoms with E-state index in [1.54, 1.807) is 4.68 Å². The highest BCUT2D eigenvalue weighted by Crippen LogP contribution is 2.28. The molecule has 1 aromatic carbocycles. The van der Waals surface area contributed by atoms with E-state index in [0.29, 0.717) is 13.1 Å². The molecule has 0 N–H and O–H groups in total. The Kier molecular flexibility index (Phi) is 6.42. The number of carbonyl (C=O) groups excluding carboxylic acids is 1. The topological polar surface area (TPSA) is 51.0 Å². The first kappa shape index (κ1) is 21.6. The van der Waals surface area contributed by atoms with Gasteiger partial charge in [0.25, 0.3) is 0 Å². The van der Waals surface area contributed by atoms with E-state index in [0.717, 1.165) is 59.2 Å². The van der Waals surface area contributed by atoms with Gasteiger partial charge >= 0.3 is 0 Å². The average Bonchev–Trinajstić information content (AvgIpc) is 3.06. The Bertz CT molecular complexity index is 1090. The van der Waals surface area contributed by atoms with Crippen molar-refractivity contribution in [1.29, 1.82) is 0 Å². The van der Waals surface area contributed by atoms with E-state index in [4.69, 9.17) is 16.6 Å². The summed E-state index contributed by atoms with van der Waals surface area (Å²) in [5.74, 6) is 0.378. The molecule has 4 rings (SSSR count). The molecule has 0 radical (unpaired) electrons. The van der Waals surface area contributed by atoms with E-state index in [1.807, 2.05) is 49.9 Å². The molecule has 3 heterocycles. The molecule has 1 aliphatic heterocycles. The molecule has 1 amide bonds. The number of aryl methyl sites for hydroxylation is 3. The fourth-order valence-electron chi connectivity index (χ4n) is 4.45. The maximum atomic E-state index is 12.9. The highest BCUT2D eigenvalue weighted by atomic mass is 35.5. The van der Waals surface area contributed by atoms with Crippen LogP contribution in [0, 0.1) is 20.8 Å². The van der Waals surface area contributed by atoms with Crippen LogP contribution in [-0.2, 0) is 17.8 Å². The highest BCUT2D eigenvalue weighted by Gasteiger charge is 2.26. The first-order valence-electron chi connectivity index (χ1n) is 10.9. The highest BCUT2D eigenvalue weighted by molar-refractivity contribution is 6.31. The number of hydrogen-bond donors (Lipinski definition) is 0. The van der Waals surface area contributed by atoms with E-state index in [2.05, 4.69) is 23.3 Å². The first-order chi connectivity index (χ1) is 14.9. The number of nitrogens with zero attached hydrogens (tertiary/aromatic N) is 4. The maximum Gasteiger partial charge on any atom is 0.244 e. The van der Waals surface area contributed by atoms with Gasteiger partial charge in [-0.15, -0.1) is 0 Å². The van der Waals surface area contributed by atoms with Crippen LogP contribution in [0.15, 0.2) is 42.5 Å². The molecular formula is C25H29ClN4O. The van der Waals surface area contributed by atoms with Gasteiger partial charge in [0.15, 0.2) is 0 Å². The van der Waals surface area contributed by atoms with Crippen molar-refractivity contribution in [1.82, 2.24) is 19.7 Å². The van der Waals surface area contributed by atoms with Gasteiger partial charge in [-0.25, -0.2) is 0 Å². The van der Waals surface area contributed by atoms with Crippen molar-refractivity contribution in [2.24, 2.45) is 0 Å². The molecule has 1 atom stereocenters. The zero-order valence-electron chi connectivity index (χ0n) is 18.4. The minimum absolute atomic E-state index is 0.125. The van der Waals surface area contributed by atoms with E-state index in [-0.39, 0.29) is 11.8 Å². The number of halogens is 1. The Morgan fingerprint density at radius 2 is 1.94 bits per heavy atom. The van der Waals surface area contributed by atoms with E-state index in [9.17, 15) is 4.79 Å². The van der Waals surface area contributed by atoms with Crippen molar-refractivity contribution >= 4 is 17.5 Å². The quantitative estimate of drug-likeness (QED) is 0.574. The van der Waals surface area contributed by atoms with Gasteiger partial charge in [-0.1, -0.05) is 29.8 Å². The monoisotopic (exact) mass is 436 g/mol. The van der Waals surface area contributed by atoms with Gasteiger partial charge in [0, 0.05) is 41.1 Å². The Morgan fingerprint density at radius 1 is 1.13 bits per heavy atom. The molecular weight excluding hydrogens is 408 g/mol. The third-order valence-corrected chi connectivity index (χ3v) is 6.33. The summed E-state index contributed by atoms with van der Waals surface area (Å²) >= 11 is 6.37. The molecule has 1 fully saturated rings. The minimum Gasteiger partial charge on any atom is -0.340 e. The van der Waals surface area contributed by atoms with Crippen molar-refractivity contribution < 1.29 is 4.79 Å². The second kappa shape index (κ2) is 9.23. The van der Waals surface area contributed by atoms with Gasteiger partial charge in [-0.05, 0) is 75.4 Å². The predicted molar refractivity (Wildman–Crippen MR) is 123 cm³/mol. The van der Waals surface area contributed by atoms with Crippen molar-refractivity contribution in [2.45, 2.75) is 52.5 Å². The normalized spacial score (nSPS) is 16.5. The summed E-state index contributed by atoms with van der Waals surface area (Å²) in [4.78, 5) is 19.8. The smallest absolute Gasteiger partial charge is 0.244 e. The summed E-state index contributed by atoms with van der Waals surface area (Å²) in [6.45, 7) is 7.78. The number of aromatic nitrogens is 3. The second-order valence-electron chi connectivity index (χ2n) is 8.57. The van der Waals surface area contributed by atoms with Crippen LogP contribution in [-0.4, -0.2) is 38.7 Å². The minimum atomic E-state index is 0.125. The molecule has 162 valence electrons. The van der Waals surface area contributed by atoms with Crippen LogP contribution in [0.4, 0.5) is 0 Å². The Labute approximate surface area is 189 Å². The molecule has 2 aromatic heterocycles. The van der Waals surface area contributed by atoms with Crippen molar-refractivity contribution in [2.75, 3.05) is 13.1 Å². The molecule has 0 bridgehead atoms. The van der Waals surface area contributed by atoms with Crippen LogP contribution >= 0.6 is 11.6 Å². The van der Waals surface area contributed by atoms with Gasteiger partial charge in [-0.2, -0.15) is 5.10 Å². The van der Waals surface area contributed by atoms with Crippen molar-refractivity contribution in [3.05, 3.63) is 81.4 Å². The summed E-state index contributed by atoms with van der Waals surface area (Å²) in [7, 11) is 0.